The summed E-state index contributed by atoms with van der Waals surface area (Å²) in [5, 5.41) is 17.7. The van der Waals surface area contributed by atoms with Crippen molar-refractivity contribution in [3.63, 3.8) is 0 Å². The maximum atomic E-state index is 9.62. The second kappa shape index (κ2) is 4.85. The minimum atomic E-state index is 0.306. The molecule has 0 fully saturated rings. The van der Waals surface area contributed by atoms with Crippen molar-refractivity contribution < 1.29 is 5.11 Å². The molecule has 1 unspecified atom stereocenters. The van der Waals surface area contributed by atoms with Crippen LogP contribution in [0.25, 0.3) is 0 Å². The number of aromatic hydroxyl groups is 1. The van der Waals surface area contributed by atoms with Crippen molar-refractivity contribution in [3.8, 4) is 5.75 Å². The number of hydrogen-bond acceptors (Lipinski definition) is 3. The fraction of sp³-hybridized carbons (Fsp3) is 0.438. The molecule has 0 saturated carbocycles. The molecule has 0 bridgehead atoms. The zero-order chi connectivity index (χ0) is 14.3. The Bertz CT molecular complexity index is 645. The first kappa shape index (κ1) is 13.0. The number of aromatic nitrogens is 2. The van der Waals surface area contributed by atoms with Crippen molar-refractivity contribution in [2.24, 2.45) is 7.05 Å². The average molecular weight is 271 g/mol. The Hall–Kier alpha value is -1.97. The highest BCUT2D eigenvalue weighted by molar-refractivity contribution is 5.54. The molecule has 1 aliphatic carbocycles. The molecule has 3 rings (SSSR count). The Morgan fingerprint density at radius 3 is 2.85 bits per heavy atom. The smallest absolute Gasteiger partial charge is 0.115 e. The highest BCUT2D eigenvalue weighted by atomic mass is 16.3. The van der Waals surface area contributed by atoms with Crippen molar-refractivity contribution in [1.82, 2.24) is 9.78 Å². The number of rotatable bonds is 2. The fourth-order valence-electron chi connectivity index (χ4n) is 3.11. The van der Waals surface area contributed by atoms with E-state index in [1.54, 1.807) is 6.07 Å². The summed E-state index contributed by atoms with van der Waals surface area (Å²) < 4.78 is 1.91. The molecule has 0 aliphatic heterocycles. The van der Waals surface area contributed by atoms with Crippen LogP contribution in [0.5, 0.6) is 5.75 Å². The van der Waals surface area contributed by atoms with Crippen LogP contribution in [0.1, 0.15) is 41.4 Å². The topological polar surface area (TPSA) is 50.1 Å². The number of phenolic OH excluding ortho intramolecular Hbond substituents is 1. The normalized spacial score (nSPS) is 17.9. The highest BCUT2D eigenvalue weighted by Crippen LogP contribution is 2.35. The molecule has 1 aromatic carbocycles. The maximum absolute atomic E-state index is 9.62. The van der Waals surface area contributed by atoms with Gasteiger partial charge in [0.05, 0.1) is 23.1 Å². The molecule has 1 heterocycles. The fourth-order valence-corrected chi connectivity index (χ4v) is 3.11. The van der Waals surface area contributed by atoms with Gasteiger partial charge >= 0.3 is 0 Å². The molecule has 0 spiro atoms. The number of fused-ring (bicyclic) bond motifs is 1. The number of aryl methyl sites for hydroxylation is 3. The highest BCUT2D eigenvalue weighted by Gasteiger charge is 2.22. The van der Waals surface area contributed by atoms with E-state index < -0.39 is 0 Å². The van der Waals surface area contributed by atoms with Crippen molar-refractivity contribution in [2.75, 3.05) is 5.32 Å². The summed E-state index contributed by atoms with van der Waals surface area (Å²) in [6, 6.07) is 6.03. The lowest BCUT2D eigenvalue weighted by molar-refractivity contribution is 0.472. The molecule has 2 N–H and O–H groups in total. The molecule has 1 atom stereocenters. The Morgan fingerprint density at radius 2 is 2.15 bits per heavy atom. The van der Waals surface area contributed by atoms with Crippen molar-refractivity contribution in [2.45, 2.75) is 39.2 Å². The summed E-state index contributed by atoms with van der Waals surface area (Å²) in [5.74, 6) is 0.359. The minimum absolute atomic E-state index is 0.306. The predicted octanol–water partition coefficient (Wildman–Crippen LogP) is 3.23. The molecule has 0 radical (unpaired) electrons. The molecular formula is C16H21N3O. The zero-order valence-corrected chi connectivity index (χ0v) is 12.3. The molecule has 0 amide bonds. The van der Waals surface area contributed by atoms with Gasteiger partial charge in [-0.2, -0.15) is 5.10 Å². The Balaban J connectivity index is 1.93. The van der Waals surface area contributed by atoms with Gasteiger partial charge in [-0.15, -0.1) is 0 Å². The average Bonchev–Trinajstić information content (AvgIpc) is 2.65. The van der Waals surface area contributed by atoms with Crippen LogP contribution < -0.4 is 5.32 Å². The molecule has 4 heteroatoms. The van der Waals surface area contributed by atoms with Gasteiger partial charge < -0.3 is 10.4 Å². The van der Waals surface area contributed by atoms with E-state index in [-0.39, 0.29) is 0 Å². The van der Waals surface area contributed by atoms with Crippen molar-refractivity contribution in [3.05, 3.63) is 40.7 Å². The molecular weight excluding hydrogens is 250 g/mol. The number of anilines is 1. The molecule has 0 saturated heterocycles. The monoisotopic (exact) mass is 271 g/mol. The Morgan fingerprint density at radius 1 is 1.35 bits per heavy atom. The first-order valence-electron chi connectivity index (χ1n) is 7.15. The van der Waals surface area contributed by atoms with Gasteiger partial charge in [0.2, 0.25) is 0 Å². The quantitative estimate of drug-likeness (QED) is 0.881. The van der Waals surface area contributed by atoms with E-state index in [2.05, 4.69) is 17.3 Å². The van der Waals surface area contributed by atoms with E-state index in [1.165, 1.54) is 11.1 Å². The summed E-state index contributed by atoms with van der Waals surface area (Å²) >= 11 is 0. The van der Waals surface area contributed by atoms with Gasteiger partial charge in [-0.3, -0.25) is 4.68 Å². The van der Waals surface area contributed by atoms with E-state index in [1.807, 2.05) is 30.8 Å². The van der Waals surface area contributed by atoms with Gasteiger partial charge in [-0.25, -0.2) is 0 Å². The lowest BCUT2D eigenvalue weighted by Crippen LogP contribution is -2.18. The van der Waals surface area contributed by atoms with Gasteiger partial charge in [-0.05, 0) is 56.4 Å². The van der Waals surface area contributed by atoms with E-state index in [0.29, 0.717) is 11.8 Å². The second-order valence-electron chi connectivity index (χ2n) is 5.64. The standard InChI is InChI=1S/C16H21N3O/c1-10-16(11(2)19(3)18-10)17-15-6-4-5-12-9-13(20)7-8-14(12)15/h7-9,15,17,20H,4-6H2,1-3H3. The third-order valence-electron chi connectivity index (χ3n) is 4.27. The molecule has 1 aliphatic rings. The van der Waals surface area contributed by atoms with Gasteiger partial charge in [0.25, 0.3) is 0 Å². The summed E-state index contributed by atoms with van der Waals surface area (Å²) in [4.78, 5) is 0. The SMILES string of the molecule is Cc1nn(C)c(C)c1NC1CCCc2cc(O)ccc21. The van der Waals surface area contributed by atoms with Crippen LogP contribution >= 0.6 is 0 Å². The summed E-state index contributed by atoms with van der Waals surface area (Å²) in [7, 11) is 1.97. The van der Waals surface area contributed by atoms with Crippen LogP contribution in [0.3, 0.4) is 0 Å². The van der Waals surface area contributed by atoms with E-state index in [0.717, 1.165) is 36.3 Å². The predicted molar refractivity (Wildman–Crippen MR) is 80.1 cm³/mol. The maximum Gasteiger partial charge on any atom is 0.115 e. The van der Waals surface area contributed by atoms with Gasteiger partial charge in [-0.1, -0.05) is 6.07 Å². The molecule has 2 aromatic rings. The summed E-state index contributed by atoms with van der Waals surface area (Å²) in [6.07, 6.45) is 3.31. The van der Waals surface area contributed by atoms with Crippen LogP contribution in [-0.4, -0.2) is 14.9 Å². The minimum Gasteiger partial charge on any atom is -0.508 e. The van der Waals surface area contributed by atoms with E-state index >= 15 is 0 Å². The lowest BCUT2D eigenvalue weighted by atomic mass is 9.87. The van der Waals surface area contributed by atoms with Gasteiger partial charge in [0, 0.05) is 7.05 Å². The number of nitrogens with zero attached hydrogens (tertiary/aromatic N) is 2. The van der Waals surface area contributed by atoms with Crippen molar-refractivity contribution >= 4 is 5.69 Å². The molecule has 4 nitrogen and oxygen atoms in total. The van der Waals surface area contributed by atoms with Crippen LogP contribution in [0.15, 0.2) is 18.2 Å². The number of nitrogens with one attached hydrogen (secondary N) is 1. The molecule has 20 heavy (non-hydrogen) atoms. The number of phenols is 1. The largest absolute Gasteiger partial charge is 0.508 e. The van der Waals surface area contributed by atoms with Crippen LogP contribution in [0.2, 0.25) is 0 Å². The van der Waals surface area contributed by atoms with Crippen LogP contribution in [0.4, 0.5) is 5.69 Å². The second-order valence-corrected chi connectivity index (χ2v) is 5.64. The molecule has 106 valence electrons. The van der Waals surface area contributed by atoms with Crippen LogP contribution in [-0.2, 0) is 13.5 Å². The lowest BCUT2D eigenvalue weighted by Gasteiger charge is -2.27. The third-order valence-corrected chi connectivity index (χ3v) is 4.27. The van der Waals surface area contributed by atoms with E-state index in [4.69, 9.17) is 0 Å². The Labute approximate surface area is 119 Å². The third kappa shape index (κ3) is 2.15. The number of hydrogen-bond donors (Lipinski definition) is 2. The number of benzene rings is 1. The Kier molecular flexibility index (Phi) is 3.16. The molecule has 1 aromatic heterocycles. The summed E-state index contributed by atoms with van der Waals surface area (Å²) in [6.45, 7) is 4.12. The first-order valence-corrected chi connectivity index (χ1v) is 7.15. The van der Waals surface area contributed by atoms with Crippen LogP contribution in [0, 0.1) is 13.8 Å². The van der Waals surface area contributed by atoms with Gasteiger partial charge in [0.15, 0.2) is 0 Å². The zero-order valence-electron chi connectivity index (χ0n) is 12.3. The van der Waals surface area contributed by atoms with E-state index in [9.17, 15) is 5.11 Å². The van der Waals surface area contributed by atoms with Crippen molar-refractivity contribution in [1.29, 1.82) is 0 Å². The first-order chi connectivity index (χ1) is 9.56. The van der Waals surface area contributed by atoms with Gasteiger partial charge in [0.1, 0.15) is 5.75 Å². The summed E-state index contributed by atoms with van der Waals surface area (Å²) in [5.41, 5.74) is 5.90.